The highest BCUT2D eigenvalue weighted by Gasteiger charge is 2.25. The summed E-state index contributed by atoms with van der Waals surface area (Å²) in [6.07, 6.45) is 4.98. The third-order valence-electron chi connectivity index (χ3n) is 5.70. The first-order valence-corrected chi connectivity index (χ1v) is 12.7. The Kier molecular flexibility index (Phi) is 5.82. The van der Waals surface area contributed by atoms with Crippen LogP contribution in [0.1, 0.15) is 26.7 Å². The second-order valence-corrected chi connectivity index (χ2v) is 10.7. The second kappa shape index (κ2) is 8.24. The van der Waals surface area contributed by atoms with Crippen molar-refractivity contribution in [1.29, 1.82) is 0 Å². The van der Waals surface area contributed by atoms with Gasteiger partial charge in [-0.25, -0.2) is 22.3 Å². The average Bonchev–Trinajstić information content (AvgIpc) is 3.25. The molecule has 1 fully saturated rings. The monoisotopic (exact) mass is 452 g/mol. The molecule has 1 saturated heterocycles. The van der Waals surface area contributed by atoms with Gasteiger partial charge in [0, 0.05) is 11.8 Å². The number of rotatable bonds is 6. The van der Waals surface area contributed by atoms with Crippen molar-refractivity contribution < 1.29 is 17.5 Å². The number of halogens is 1. The normalized spacial score (nSPS) is 17.5. The predicted octanol–water partition coefficient (Wildman–Crippen LogP) is 3.50. The van der Waals surface area contributed by atoms with Crippen LogP contribution in [0.5, 0.6) is 5.19 Å². The Bertz CT molecular complexity index is 1120. The number of nitrogens with zero attached hydrogens (tertiary/aromatic N) is 4. The summed E-state index contributed by atoms with van der Waals surface area (Å²) in [6.45, 7) is 7.56. The maximum absolute atomic E-state index is 14.5. The van der Waals surface area contributed by atoms with E-state index in [9.17, 15) is 12.8 Å². The first-order chi connectivity index (χ1) is 14.2. The van der Waals surface area contributed by atoms with Crippen LogP contribution in [0.4, 0.5) is 4.39 Å². The Balaban J connectivity index is 1.48. The summed E-state index contributed by atoms with van der Waals surface area (Å²) in [5, 5.41) is 4.98. The molecule has 0 bridgehead atoms. The first kappa shape index (κ1) is 21.2. The number of hydrogen-bond acceptors (Lipinski definition) is 7. The fraction of sp³-hybridized carbons (Fsp3) is 0.500. The Morgan fingerprint density at radius 1 is 1.33 bits per heavy atom. The Morgan fingerprint density at radius 3 is 2.67 bits per heavy atom. The van der Waals surface area contributed by atoms with E-state index in [1.807, 2.05) is 0 Å². The van der Waals surface area contributed by atoms with Gasteiger partial charge in [0.1, 0.15) is 11.9 Å². The maximum Gasteiger partial charge on any atom is 0.294 e. The van der Waals surface area contributed by atoms with Gasteiger partial charge in [0.2, 0.25) is 4.96 Å². The molecule has 3 heterocycles. The predicted molar refractivity (Wildman–Crippen MR) is 114 cm³/mol. The van der Waals surface area contributed by atoms with E-state index in [2.05, 4.69) is 28.8 Å². The van der Waals surface area contributed by atoms with Gasteiger partial charge in [-0.2, -0.15) is 0 Å². The number of piperidine rings is 1. The van der Waals surface area contributed by atoms with Gasteiger partial charge in [0.15, 0.2) is 9.84 Å². The van der Waals surface area contributed by atoms with Crippen molar-refractivity contribution in [2.24, 2.45) is 5.92 Å². The number of imidazole rings is 1. The molecule has 0 aliphatic carbocycles. The van der Waals surface area contributed by atoms with Crippen LogP contribution >= 0.6 is 11.3 Å². The highest BCUT2D eigenvalue weighted by atomic mass is 32.2. The van der Waals surface area contributed by atoms with Crippen molar-refractivity contribution >= 4 is 26.1 Å². The maximum atomic E-state index is 14.5. The second-order valence-electron chi connectivity index (χ2n) is 7.73. The van der Waals surface area contributed by atoms with Crippen molar-refractivity contribution in [2.75, 3.05) is 25.9 Å². The molecule has 1 aromatic carbocycles. The Hall–Kier alpha value is -2.04. The number of ether oxygens (including phenoxy) is 1. The highest BCUT2D eigenvalue weighted by Crippen LogP contribution is 2.30. The molecule has 0 amide bonds. The Labute approximate surface area is 179 Å². The van der Waals surface area contributed by atoms with E-state index in [1.54, 1.807) is 10.7 Å². The molecule has 7 nitrogen and oxygen atoms in total. The molecule has 162 valence electrons. The zero-order chi connectivity index (χ0) is 21.5. The molecule has 3 aromatic rings. The van der Waals surface area contributed by atoms with Crippen molar-refractivity contribution in [3.05, 3.63) is 30.2 Å². The van der Waals surface area contributed by atoms with Crippen LogP contribution in [0.3, 0.4) is 0 Å². The molecule has 0 N–H and O–H groups in total. The summed E-state index contributed by atoms with van der Waals surface area (Å²) in [7, 11) is -3.46. The molecule has 0 radical (unpaired) electrons. The van der Waals surface area contributed by atoms with Gasteiger partial charge in [0.05, 0.1) is 16.8 Å². The first-order valence-electron chi connectivity index (χ1n) is 10.00. The fourth-order valence-electron chi connectivity index (χ4n) is 3.79. The molecule has 1 aliphatic heterocycles. The van der Waals surface area contributed by atoms with E-state index in [-0.39, 0.29) is 16.6 Å². The van der Waals surface area contributed by atoms with Crippen molar-refractivity contribution in [1.82, 2.24) is 19.5 Å². The summed E-state index contributed by atoms with van der Waals surface area (Å²) in [6, 6.07) is 3.83. The summed E-state index contributed by atoms with van der Waals surface area (Å²) in [5.74, 6) is -0.130. The summed E-state index contributed by atoms with van der Waals surface area (Å²) in [5.41, 5.74) is 0.636. The molecule has 30 heavy (non-hydrogen) atoms. The number of likely N-dealkylation sites (tertiary alicyclic amines) is 1. The minimum absolute atomic E-state index is 0.0580. The third kappa shape index (κ3) is 4.35. The van der Waals surface area contributed by atoms with Crippen LogP contribution in [0.25, 0.3) is 16.2 Å². The van der Waals surface area contributed by atoms with Gasteiger partial charge in [-0.3, -0.25) is 0 Å². The van der Waals surface area contributed by atoms with Crippen LogP contribution < -0.4 is 4.74 Å². The van der Waals surface area contributed by atoms with Crippen LogP contribution in [0.15, 0.2) is 29.3 Å². The van der Waals surface area contributed by atoms with Crippen LogP contribution in [-0.2, 0) is 9.84 Å². The lowest BCUT2D eigenvalue weighted by atomic mass is 9.92. The molecular formula is C20H25FN4O3S2. The number of aromatic nitrogens is 3. The highest BCUT2D eigenvalue weighted by molar-refractivity contribution is 7.90. The number of sulfone groups is 1. The largest absolute Gasteiger partial charge is 0.466 e. The van der Waals surface area contributed by atoms with Gasteiger partial charge in [0.25, 0.3) is 5.19 Å². The van der Waals surface area contributed by atoms with Crippen LogP contribution in [-0.4, -0.2) is 59.9 Å². The zero-order valence-corrected chi connectivity index (χ0v) is 18.8. The number of benzene rings is 1. The molecule has 1 atom stereocenters. The molecule has 4 rings (SSSR count). The van der Waals surface area contributed by atoms with Crippen molar-refractivity contribution in [2.45, 2.75) is 37.7 Å². The van der Waals surface area contributed by atoms with Gasteiger partial charge in [-0.05, 0) is 74.9 Å². The molecule has 10 heteroatoms. The number of hydrogen-bond donors (Lipinski definition) is 0. The van der Waals surface area contributed by atoms with E-state index in [0.717, 1.165) is 44.8 Å². The molecular weight excluding hydrogens is 427 g/mol. The summed E-state index contributed by atoms with van der Waals surface area (Å²) in [4.78, 5) is 7.43. The lowest BCUT2D eigenvalue weighted by molar-refractivity contribution is 0.0894. The molecule has 0 spiro atoms. The van der Waals surface area contributed by atoms with Gasteiger partial charge >= 0.3 is 0 Å². The van der Waals surface area contributed by atoms with E-state index in [0.29, 0.717) is 21.8 Å². The summed E-state index contributed by atoms with van der Waals surface area (Å²) >= 11 is 1.31. The standard InChI is InChI=1S/C20H25FN4O3S2/c1-4-24-9-7-14(8-10-24)13(2)28-20-23-25-12-18(22-19(25)29-20)16-6-5-15(11-17(16)21)30(3,26)27/h5-6,11-14H,4,7-10H2,1-3H3. The lowest BCUT2D eigenvalue weighted by Crippen LogP contribution is -2.38. The van der Waals surface area contributed by atoms with Crippen molar-refractivity contribution in [3.8, 4) is 16.5 Å². The quantitative estimate of drug-likeness (QED) is 0.570. The molecule has 1 aliphatic rings. The third-order valence-corrected chi connectivity index (χ3v) is 7.62. The van der Waals surface area contributed by atoms with E-state index >= 15 is 0 Å². The number of fused-ring (bicyclic) bond motifs is 1. The molecule has 0 saturated carbocycles. The van der Waals surface area contributed by atoms with Crippen LogP contribution in [0, 0.1) is 11.7 Å². The van der Waals surface area contributed by atoms with Crippen LogP contribution in [0.2, 0.25) is 0 Å². The van der Waals surface area contributed by atoms with E-state index in [1.165, 1.54) is 23.5 Å². The topological polar surface area (TPSA) is 76.8 Å². The Morgan fingerprint density at radius 2 is 2.07 bits per heavy atom. The lowest BCUT2D eigenvalue weighted by Gasteiger charge is -2.33. The smallest absolute Gasteiger partial charge is 0.294 e. The van der Waals surface area contributed by atoms with E-state index in [4.69, 9.17) is 4.74 Å². The van der Waals surface area contributed by atoms with Gasteiger partial charge < -0.3 is 9.64 Å². The SMILES string of the molecule is CCN1CCC(C(C)Oc2nn3cc(-c4ccc(S(C)(=O)=O)cc4F)nc3s2)CC1. The zero-order valence-electron chi connectivity index (χ0n) is 17.2. The summed E-state index contributed by atoms with van der Waals surface area (Å²) < 4.78 is 45.3. The minimum atomic E-state index is -3.46. The molecule has 2 aromatic heterocycles. The molecule has 1 unspecified atom stereocenters. The van der Waals surface area contributed by atoms with Crippen molar-refractivity contribution in [3.63, 3.8) is 0 Å². The van der Waals surface area contributed by atoms with Gasteiger partial charge in [-0.1, -0.05) is 6.92 Å². The fourth-order valence-corrected chi connectivity index (χ4v) is 5.24. The van der Waals surface area contributed by atoms with Gasteiger partial charge in [-0.15, -0.1) is 5.10 Å². The minimum Gasteiger partial charge on any atom is -0.466 e. The average molecular weight is 453 g/mol. The van der Waals surface area contributed by atoms with E-state index < -0.39 is 15.7 Å².